The molecule has 0 aliphatic rings. The molecule has 4 N–H and O–H groups in total. The number of phenolic OH excluding ortho intramolecular Hbond substituents is 1. The summed E-state index contributed by atoms with van der Waals surface area (Å²) in [5.41, 5.74) is 0.649. The summed E-state index contributed by atoms with van der Waals surface area (Å²) in [5.74, 6) is 0.414. The number of ether oxygens (including phenoxy) is 1. The summed E-state index contributed by atoms with van der Waals surface area (Å²) in [6, 6.07) is 4.66. The molecule has 0 aliphatic carbocycles. The summed E-state index contributed by atoms with van der Waals surface area (Å²) in [7, 11) is 1.49. The number of aromatic nitrogens is 4. The fraction of sp³-hybridized carbons (Fsp3) is 0.250. The van der Waals surface area contributed by atoms with Crippen LogP contribution in [0.2, 0.25) is 0 Å². The molecule has 0 amide bonds. The van der Waals surface area contributed by atoms with Crippen LogP contribution in [0, 0.1) is 0 Å². The van der Waals surface area contributed by atoms with Gasteiger partial charge in [0.2, 0.25) is 0 Å². The molecule has 0 saturated carbocycles. The molecule has 2 aromatic heterocycles. The Morgan fingerprint density at radius 1 is 1.07 bits per heavy atom. The maximum absolute atomic E-state index is 12.5. The van der Waals surface area contributed by atoms with Gasteiger partial charge in [-0.1, -0.05) is 20.8 Å². The van der Waals surface area contributed by atoms with Gasteiger partial charge in [0.25, 0.3) is 11.1 Å². The summed E-state index contributed by atoms with van der Waals surface area (Å²) in [4.78, 5) is 37.3. The summed E-state index contributed by atoms with van der Waals surface area (Å²) in [5, 5.41) is 10.2. The Kier molecular flexibility index (Phi) is 4.96. The van der Waals surface area contributed by atoms with Gasteiger partial charge >= 0.3 is 0 Å². The zero-order chi connectivity index (χ0) is 20.5. The molecule has 0 unspecified atom stereocenters. The van der Waals surface area contributed by atoms with Crippen LogP contribution in [0.15, 0.2) is 34.1 Å². The van der Waals surface area contributed by atoms with Crippen LogP contribution in [0.1, 0.15) is 37.7 Å². The average molecular weight is 382 g/mol. The number of rotatable bonds is 3. The lowest BCUT2D eigenvalue weighted by atomic mass is 9.90. The van der Waals surface area contributed by atoms with Gasteiger partial charge in [0.05, 0.1) is 19.1 Å². The van der Waals surface area contributed by atoms with Crippen LogP contribution in [0.4, 0.5) is 0 Å². The second-order valence-electron chi connectivity index (χ2n) is 7.36. The minimum atomic E-state index is -0.492. The number of imidazole rings is 1. The van der Waals surface area contributed by atoms with Crippen LogP contribution in [0.3, 0.4) is 0 Å². The first-order chi connectivity index (χ1) is 13.2. The highest BCUT2D eigenvalue weighted by Crippen LogP contribution is 2.24. The molecule has 0 saturated heterocycles. The molecule has 2 heterocycles. The lowest BCUT2D eigenvalue weighted by molar-refractivity contribution is 0.407. The Labute approximate surface area is 160 Å². The molecule has 146 valence electrons. The Hall–Kier alpha value is -3.55. The third-order valence-electron chi connectivity index (χ3n) is 4.22. The molecule has 0 aliphatic heterocycles. The Balaban J connectivity index is 2.12. The van der Waals surface area contributed by atoms with Gasteiger partial charge in [-0.15, -0.1) is 0 Å². The number of hydrogen-bond acceptors (Lipinski definition) is 5. The molecular formula is C20H22N4O4. The van der Waals surface area contributed by atoms with Crippen LogP contribution >= 0.6 is 0 Å². The number of nitrogens with zero attached hydrogens (tertiary/aromatic N) is 1. The summed E-state index contributed by atoms with van der Waals surface area (Å²) >= 11 is 0. The van der Waals surface area contributed by atoms with Gasteiger partial charge in [-0.3, -0.25) is 9.59 Å². The van der Waals surface area contributed by atoms with E-state index in [1.54, 1.807) is 18.5 Å². The number of aromatic amines is 3. The molecule has 0 bridgehead atoms. The number of H-pyrrole nitrogens is 3. The largest absolute Gasteiger partial charge is 0.507 e. The maximum Gasteiger partial charge on any atom is 0.272 e. The van der Waals surface area contributed by atoms with Crippen molar-refractivity contribution in [2.75, 3.05) is 7.11 Å². The van der Waals surface area contributed by atoms with Crippen molar-refractivity contribution in [3.05, 3.63) is 72.9 Å². The second-order valence-corrected chi connectivity index (χ2v) is 7.36. The molecule has 8 heteroatoms. The highest BCUT2D eigenvalue weighted by molar-refractivity contribution is 5.57. The van der Waals surface area contributed by atoms with Gasteiger partial charge in [0.15, 0.2) is 0 Å². The minimum Gasteiger partial charge on any atom is -0.507 e. The van der Waals surface area contributed by atoms with Gasteiger partial charge in [-0.05, 0) is 24.3 Å². The topological polar surface area (TPSA) is 124 Å². The molecule has 0 spiro atoms. The SMILES string of the molecule is COc1ccc(/C=c2/[nH]c(=O)/c(=C\c3nc[nH]c3C(C)(C)C)[nH]c2=O)c(O)c1. The van der Waals surface area contributed by atoms with Crippen molar-refractivity contribution in [3.63, 3.8) is 0 Å². The predicted molar refractivity (Wildman–Crippen MR) is 106 cm³/mol. The molecule has 8 nitrogen and oxygen atoms in total. The van der Waals surface area contributed by atoms with Crippen molar-refractivity contribution in [1.82, 2.24) is 19.9 Å². The molecule has 0 atom stereocenters. The van der Waals surface area contributed by atoms with Crippen molar-refractivity contribution in [3.8, 4) is 11.5 Å². The molecule has 28 heavy (non-hydrogen) atoms. The highest BCUT2D eigenvalue weighted by atomic mass is 16.5. The van der Waals surface area contributed by atoms with Gasteiger partial charge in [-0.2, -0.15) is 0 Å². The second kappa shape index (κ2) is 7.22. The first-order valence-corrected chi connectivity index (χ1v) is 8.66. The standard InChI is InChI=1S/C20H22N4O4/c1-20(2,3)17-13(21-10-22-17)9-15-19(27)23-14(18(26)24-15)7-11-5-6-12(28-4)8-16(11)25/h5-10,25H,1-4H3,(H,21,22)(H,23,27)(H,24,26)/b14-7+,15-9+. The fourth-order valence-corrected chi connectivity index (χ4v) is 2.78. The van der Waals surface area contributed by atoms with Crippen LogP contribution in [0.25, 0.3) is 12.2 Å². The summed E-state index contributed by atoms with van der Waals surface area (Å²) in [6.07, 6.45) is 4.48. The molecule has 0 fully saturated rings. The third kappa shape index (κ3) is 3.90. The van der Waals surface area contributed by atoms with E-state index in [1.165, 1.54) is 25.3 Å². The Morgan fingerprint density at radius 2 is 1.71 bits per heavy atom. The molecule has 0 radical (unpaired) electrons. The lowest BCUT2D eigenvalue weighted by Gasteiger charge is -2.16. The van der Waals surface area contributed by atoms with Crippen LogP contribution < -0.4 is 26.6 Å². The Bertz CT molecular complexity index is 1240. The van der Waals surface area contributed by atoms with Gasteiger partial charge in [0, 0.05) is 22.7 Å². The monoisotopic (exact) mass is 382 g/mol. The van der Waals surface area contributed by atoms with Crippen molar-refractivity contribution in [1.29, 1.82) is 0 Å². The zero-order valence-corrected chi connectivity index (χ0v) is 16.1. The number of aromatic hydroxyl groups is 1. The van der Waals surface area contributed by atoms with Gasteiger partial charge in [0.1, 0.15) is 22.2 Å². The maximum atomic E-state index is 12.5. The van der Waals surface area contributed by atoms with E-state index in [1.807, 2.05) is 20.8 Å². The van der Waals surface area contributed by atoms with E-state index in [-0.39, 0.29) is 21.9 Å². The van der Waals surface area contributed by atoms with E-state index >= 15 is 0 Å². The van der Waals surface area contributed by atoms with E-state index in [4.69, 9.17) is 4.74 Å². The smallest absolute Gasteiger partial charge is 0.272 e. The molecule has 3 rings (SSSR count). The van der Waals surface area contributed by atoms with E-state index in [0.717, 1.165) is 5.69 Å². The predicted octanol–water partition coefficient (Wildman–Crippen LogP) is 0.456. The number of nitrogens with one attached hydrogen (secondary N) is 3. The van der Waals surface area contributed by atoms with E-state index < -0.39 is 11.1 Å². The molecule has 1 aromatic carbocycles. The van der Waals surface area contributed by atoms with E-state index in [0.29, 0.717) is 17.0 Å². The van der Waals surface area contributed by atoms with Crippen molar-refractivity contribution in [2.45, 2.75) is 26.2 Å². The molecular weight excluding hydrogens is 360 g/mol. The van der Waals surface area contributed by atoms with Gasteiger partial charge < -0.3 is 24.8 Å². The normalized spacial score (nSPS) is 13.1. The fourth-order valence-electron chi connectivity index (χ4n) is 2.78. The highest BCUT2D eigenvalue weighted by Gasteiger charge is 2.19. The zero-order valence-electron chi connectivity index (χ0n) is 16.1. The van der Waals surface area contributed by atoms with Crippen molar-refractivity contribution in [2.24, 2.45) is 0 Å². The summed E-state index contributed by atoms with van der Waals surface area (Å²) < 4.78 is 5.03. The minimum absolute atomic E-state index is 0.0284. The number of methoxy groups -OCH3 is 1. The first-order valence-electron chi connectivity index (χ1n) is 8.66. The first kappa shape index (κ1) is 19.2. The van der Waals surface area contributed by atoms with Crippen LogP contribution in [-0.2, 0) is 5.41 Å². The quantitative estimate of drug-likeness (QED) is 0.524. The third-order valence-corrected chi connectivity index (χ3v) is 4.22. The molecule has 3 aromatic rings. The van der Waals surface area contributed by atoms with E-state index in [2.05, 4.69) is 19.9 Å². The number of benzene rings is 1. The Morgan fingerprint density at radius 3 is 2.29 bits per heavy atom. The lowest BCUT2D eigenvalue weighted by Crippen LogP contribution is -2.46. The van der Waals surface area contributed by atoms with Gasteiger partial charge in [-0.25, -0.2) is 4.98 Å². The van der Waals surface area contributed by atoms with E-state index in [9.17, 15) is 14.7 Å². The van der Waals surface area contributed by atoms with Crippen molar-refractivity contribution < 1.29 is 9.84 Å². The van der Waals surface area contributed by atoms with Crippen molar-refractivity contribution >= 4 is 12.2 Å². The number of phenols is 1. The van der Waals surface area contributed by atoms with Crippen LogP contribution in [-0.4, -0.2) is 32.2 Å². The van der Waals surface area contributed by atoms with Crippen LogP contribution in [0.5, 0.6) is 11.5 Å². The average Bonchev–Trinajstić information content (AvgIpc) is 3.09. The summed E-state index contributed by atoms with van der Waals surface area (Å²) in [6.45, 7) is 6.05. The number of hydrogen-bond donors (Lipinski definition) is 4.